The highest BCUT2D eigenvalue weighted by Crippen LogP contribution is 2.26. The molecule has 6 heteroatoms. The minimum absolute atomic E-state index is 0.132. The van der Waals surface area contributed by atoms with Crippen molar-refractivity contribution in [2.45, 2.75) is 0 Å². The van der Waals surface area contributed by atoms with E-state index in [0.29, 0.717) is 4.47 Å². The minimum atomic E-state index is -0.653. The van der Waals surface area contributed by atoms with Crippen LogP contribution < -0.4 is 0 Å². The van der Waals surface area contributed by atoms with E-state index in [1.165, 1.54) is 20.2 Å². The quantitative estimate of drug-likeness (QED) is 0.620. The molecule has 3 nitrogen and oxygen atoms in total. The van der Waals surface area contributed by atoms with Gasteiger partial charge in [0.2, 0.25) is 0 Å². The van der Waals surface area contributed by atoms with E-state index in [-0.39, 0.29) is 10.6 Å². The number of amides is 1. The van der Waals surface area contributed by atoms with Crippen LogP contribution in [0.1, 0.15) is 10.4 Å². The standard InChI is InChI=1S/C9H8BrClFNO2/c1-13(15-2)9(14)5-3-7(11)6(10)4-8(5)12/h3-4H,1-2H3. The summed E-state index contributed by atoms with van der Waals surface area (Å²) < 4.78 is 13.8. The van der Waals surface area contributed by atoms with Gasteiger partial charge in [-0.15, -0.1) is 0 Å². The minimum Gasteiger partial charge on any atom is -0.274 e. The molecule has 1 rings (SSSR count). The van der Waals surface area contributed by atoms with E-state index in [1.807, 2.05) is 0 Å². The SMILES string of the molecule is CON(C)C(=O)c1cc(Cl)c(Br)cc1F. The molecule has 1 aromatic carbocycles. The lowest BCUT2D eigenvalue weighted by Crippen LogP contribution is -2.26. The Labute approximate surface area is 99.9 Å². The molecule has 0 radical (unpaired) electrons. The van der Waals surface area contributed by atoms with Gasteiger partial charge in [-0.05, 0) is 28.1 Å². The van der Waals surface area contributed by atoms with Crippen LogP contribution in [0.25, 0.3) is 0 Å². The Morgan fingerprint density at radius 1 is 1.60 bits per heavy atom. The molecule has 82 valence electrons. The Morgan fingerprint density at radius 2 is 2.20 bits per heavy atom. The topological polar surface area (TPSA) is 29.5 Å². The Kier molecular flexibility index (Phi) is 4.07. The fraction of sp³-hybridized carbons (Fsp3) is 0.222. The van der Waals surface area contributed by atoms with Crippen molar-refractivity contribution in [2.75, 3.05) is 14.2 Å². The second-order valence-corrected chi connectivity index (χ2v) is 3.99. The molecule has 0 aliphatic heterocycles. The summed E-state index contributed by atoms with van der Waals surface area (Å²) in [5, 5.41) is 1.19. The number of carbonyl (C=O) groups excluding carboxylic acids is 1. The van der Waals surface area contributed by atoms with Crippen LogP contribution in [0.4, 0.5) is 4.39 Å². The van der Waals surface area contributed by atoms with Gasteiger partial charge in [0.1, 0.15) is 5.82 Å². The van der Waals surface area contributed by atoms with E-state index in [4.69, 9.17) is 11.6 Å². The summed E-state index contributed by atoms with van der Waals surface area (Å²) in [6.45, 7) is 0. The zero-order valence-corrected chi connectivity index (χ0v) is 10.4. The predicted octanol–water partition coefficient (Wildman–Crippen LogP) is 2.88. The van der Waals surface area contributed by atoms with Crippen LogP contribution in [-0.4, -0.2) is 25.1 Å². The lowest BCUT2D eigenvalue weighted by Gasteiger charge is -2.14. The highest BCUT2D eigenvalue weighted by Gasteiger charge is 2.17. The van der Waals surface area contributed by atoms with Gasteiger partial charge < -0.3 is 0 Å². The molecule has 1 amide bonds. The molecule has 0 aliphatic carbocycles. The van der Waals surface area contributed by atoms with Crippen molar-refractivity contribution in [1.82, 2.24) is 5.06 Å². The molecular formula is C9H8BrClFNO2. The van der Waals surface area contributed by atoms with E-state index in [2.05, 4.69) is 20.8 Å². The number of benzene rings is 1. The van der Waals surface area contributed by atoms with Crippen molar-refractivity contribution in [2.24, 2.45) is 0 Å². The first-order valence-corrected chi connectivity index (χ1v) is 5.11. The molecular weight excluding hydrogens is 288 g/mol. The molecule has 0 fully saturated rings. The van der Waals surface area contributed by atoms with Crippen LogP contribution >= 0.6 is 27.5 Å². The maximum atomic E-state index is 13.4. The van der Waals surface area contributed by atoms with Crippen molar-refractivity contribution >= 4 is 33.4 Å². The molecule has 0 atom stereocenters. The van der Waals surface area contributed by atoms with Gasteiger partial charge in [0.15, 0.2) is 0 Å². The number of halogens is 3. The van der Waals surface area contributed by atoms with Crippen LogP contribution in [0.3, 0.4) is 0 Å². The number of hydroxylamine groups is 2. The number of hydrogen-bond donors (Lipinski definition) is 0. The predicted molar refractivity (Wildman–Crippen MR) is 58.2 cm³/mol. The van der Waals surface area contributed by atoms with Crippen LogP contribution in [0.2, 0.25) is 5.02 Å². The van der Waals surface area contributed by atoms with Gasteiger partial charge >= 0.3 is 0 Å². The summed E-state index contributed by atoms with van der Waals surface area (Å²) in [7, 11) is 2.70. The van der Waals surface area contributed by atoms with Gasteiger partial charge in [0.05, 0.1) is 17.7 Å². The van der Waals surface area contributed by atoms with E-state index in [1.54, 1.807) is 0 Å². The van der Waals surface area contributed by atoms with E-state index in [9.17, 15) is 9.18 Å². The first-order chi connectivity index (χ1) is 6.97. The average molecular weight is 297 g/mol. The molecule has 0 aromatic heterocycles. The molecule has 0 spiro atoms. The van der Waals surface area contributed by atoms with Gasteiger partial charge in [-0.2, -0.15) is 0 Å². The number of hydrogen-bond acceptors (Lipinski definition) is 2. The van der Waals surface area contributed by atoms with Crippen LogP contribution in [0.5, 0.6) is 0 Å². The van der Waals surface area contributed by atoms with Gasteiger partial charge in [0, 0.05) is 11.5 Å². The van der Waals surface area contributed by atoms with Crippen molar-refractivity contribution in [1.29, 1.82) is 0 Å². The number of carbonyl (C=O) groups is 1. The van der Waals surface area contributed by atoms with Crippen LogP contribution in [0.15, 0.2) is 16.6 Å². The zero-order valence-electron chi connectivity index (χ0n) is 8.05. The summed E-state index contributed by atoms with van der Waals surface area (Å²) >= 11 is 8.81. The Morgan fingerprint density at radius 3 is 2.73 bits per heavy atom. The molecule has 0 heterocycles. The first kappa shape index (κ1) is 12.4. The van der Waals surface area contributed by atoms with Crippen molar-refractivity contribution in [3.63, 3.8) is 0 Å². The molecule has 0 saturated heterocycles. The lowest BCUT2D eigenvalue weighted by molar-refractivity contribution is -0.0759. The summed E-state index contributed by atoms with van der Waals surface area (Å²) in [5.41, 5.74) is -0.132. The van der Waals surface area contributed by atoms with E-state index in [0.717, 1.165) is 11.1 Å². The van der Waals surface area contributed by atoms with Gasteiger partial charge in [-0.1, -0.05) is 11.6 Å². The summed E-state index contributed by atoms with van der Waals surface area (Å²) in [6, 6.07) is 2.39. The van der Waals surface area contributed by atoms with E-state index >= 15 is 0 Å². The summed E-state index contributed by atoms with van der Waals surface area (Å²) in [5.74, 6) is -1.25. The Balaban J connectivity index is 3.15. The van der Waals surface area contributed by atoms with Crippen molar-refractivity contribution < 1.29 is 14.0 Å². The molecule has 0 N–H and O–H groups in total. The number of rotatable bonds is 2. The second kappa shape index (κ2) is 4.92. The fourth-order valence-electron chi connectivity index (χ4n) is 0.939. The highest BCUT2D eigenvalue weighted by molar-refractivity contribution is 9.10. The zero-order chi connectivity index (χ0) is 11.6. The highest BCUT2D eigenvalue weighted by atomic mass is 79.9. The van der Waals surface area contributed by atoms with Crippen molar-refractivity contribution in [3.05, 3.63) is 33.0 Å². The van der Waals surface area contributed by atoms with Crippen LogP contribution in [-0.2, 0) is 4.84 Å². The normalized spacial score (nSPS) is 10.2. The third kappa shape index (κ3) is 2.68. The summed E-state index contributed by atoms with van der Waals surface area (Å²) in [4.78, 5) is 16.2. The monoisotopic (exact) mass is 295 g/mol. The molecule has 0 bridgehead atoms. The average Bonchev–Trinajstić information content (AvgIpc) is 2.21. The molecule has 1 aromatic rings. The number of nitrogens with zero attached hydrogens (tertiary/aromatic N) is 1. The smallest absolute Gasteiger partial charge is 0.274 e. The van der Waals surface area contributed by atoms with E-state index < -0.39 is 11.7 Å². The van der Waals surface area contributed by atoms with Crippen molar-refractivity contribution in [3.8, 4) is 0 Å². The lowest BCUT2D eigenvalue weighted by atomic mass is 10.2. The maximum Gasteiger partial charge on any atom is 0.280 e. The maximum absolute atomic E-state index is 13.4. The Bertz CT molecular complexity index is 400. The van der Waals surface area contributed by atoms with Crippen LogP contribution in [0, 0.1) is 5.82 Å². The molecule has 15 heavy (non-hydrogen) atoms. The first-order valence-electron chi connectivity index (χ1n) is 3.94. The molecule has 0 aliphatic rings. The van der Waals surface area contributed by atoms with Gasteiger partial charge in [-0.25, -0.2) is 9.45 Å². The molecule has 0 saturated carbocycles. The largest absolute Gasteiger partial charge is 0.280 e. The molecule has 0 unspecified atom stereocenters. The summed E-state index contributed by atoms with van der Waals surface area (Å²) in [6.07, 6.45) is 0. The van der Waals surface area contributed by atoms with Gasteiger partial charge in [-0.3, -0.25) is 9.63 Å². The third-order valence-corrected chi connectivity index (χ3v) is 3.00. The fourth-order valence-corrected chi connectivity index (χ4v) is 1.42. The second-order valence-electron chi connectivity index (χ2n) is 2.73. The van der Waals surface area contributed by atoms with Gasteiger partial charge in [0.25, 0.3) is 5.91 Å². The Hall–Kier alpha value is -0.650. The third-order valence-electron chi connectivity index (χ3n) is 1.80.